The Balaban J connectivity index is 1.96. The molecule has 0 aliphatic rings. The van der Waals surface area contributed by atoms with Gasteiger partial charge in [-0.2, -0.15) is 0 Å². The van der Waals surface area contributed by atoms with Crippen molar-refractivity contribution >= 4 is 41.4 Å². The summed E-state index contributed by atoms with van der Waals surface area (Å²) in [5.41, 5.74) is 0.663. The van der Waals surface area contributed by atoms with E-state index in [1.807, 2.05) is 6.92 Å². The van der Waals surface area contributed by atoms with Crippen LogP contribution < -0.4 is 24.3 Å². The summed E-state index contributed by atoms with van der Waals surface area (Å²) < 4.78 is 30.8. The van der Waals surface area contributed by atoms with Crippen LogP contribution in [0.3, 0.4) is 0 Å². The number of nitrogens with one attached hydrogen (secondary N) is 1. The lowest BCUT2D eigenvalue weighted by molar-refractivity contribution is -0.157. The number of methoxy groups -OCH3 is 2. The lowest BCUT2D eigenvalue weighted by Crippen LogP contribution is -2.48. The van der Waals surface area contributed by atoms with Crippen LogP contribution in [0.15, 0.2) is 60.7 Å². The van der Waals surface area contributed by atoms with E-state index in [1.165, 1.54) is 50.6 Å². The van der Waals surface area contributed by atoms with Crippen LogP contribution in [0.4, 0.5) is 5.69 Å². The second-order valence-corrected chi connectivity index (χ2v) is 9.26. The van der Waals surface area contributed by atoms with Gasteiger partial charge in [0.15, 0.2) is 23.0 Å². The summed E-state index contributed by atoms with van der Waals surface area (Å²) in [6.07, 6.45) is -4.55. The van der Waals surface area contributed by atoms with Crippen molar-refractivity contribution in [1.29, 1.82) is 0 Å². The summed E-state index contributed by atoms with van der Waals surface area (Å²) in [6, 6.07) is 13.5. The molecule has 0 radical (unpaired) electrons. The van der Waals surface area contributed by atoms with Crippen LogP contribution in [-0.2, 0) is 28.7 Å². The van der Waals surface area contributed by atoms with E-state index >= 15 is 0 Å². The minimum atomic E-state index is -2.34. The number of carboxylic acid groups (broad SMARTS) is 1. The number of ether oxygens (including phenoxy) is 6. The zero-order chi connectivity index (χ0) is 33.3. The van der Waals surface area contributed by atoms with E-state index in [4.69, 9.17) is 28.4 Å². The van der Waals surface area contributed by atoms with Crippen LogP contribution in [0.2, 0.25) is 0 Å². The van der Waals surface area contributed by atoms with Crippen molar-refractivity contribution in [3.05, 3.63) is 77.4 Å². The molecular formula is C31H29NO13. The summed E-state index contributed by atoms with van der Waals surface area (Å²) in [5, 5.41) is 12.5. The highest BCUT2D eigenvalue weighted by atomic mass is 16.6. The lowest BCUT2D eigenvalue weighted by atomic mass is 10.1. The molecule has 2 atom stereocenters. The molecular weight excluding hydrogens is 594 g/mol. The fourth-order valence-corrected chi connectivity index (χ4v) is 3.78. The van der Waals surface area contributed by atoms with Crippen LogP contribution in [-0.4, -0.2) is 67.3 Å². The highest BCUT2D eigenvalue weighted by Gasteiger charge is 2.41. The number of benzene rings is 3. The van der Waals surface area contributed by atoms with Gasteiger partial charge in [-0.05, 0) is 55.5 Å². The smallest absolute Gasteiger partial charge is 0.349 e. The number of hydrogen-bond acceptors (Lipinski definition) is 12. The Kier molecular flexibility index (Phi) is 11.2. The summed E-state index contributed by atoms with van der Waals surface area (Å²) >= 11 is 0. The molecule has 14 nitrogen and oxygen atoms in total. The number of carbonyl (C=O) groups is 6. The van der Waals surface area contributed by atoms with E-state index in [0.29, 0.717) is 0 Å². The number of hydrogen-bond donors (Lipinski definition) is 2. The molecule has 236 valence electrons. The molecule has 0 heterocycles. The molecule has 0 aliphatic carbocycles. The van der Waals surface area contributed by atoms with Crippen molar-refractivity contribution in [2.75, 3.05) is 19.5 Å². The van der Waals surface area contributed by atoms with Gasteiger partial charge in [0.25, 0.3) is 5.91 Å². The topological polar surface area (TPSA) is 190 Å². The number of rotatable bonds is 12. The zero-order valence-electron chi connectivity index (χ0n) is 24.8. The van der Waals surface area contributed by atoms with Crippen LogP contribution >= 0.6 is 0 Å². The molecule has 0 aromatic heterocycles. The SMILES string of the molecule is COc1cc(C(=O)O[C@@H](C(=O)O)[C@@H](OC(=O)c2ccc(OC(C)=O)c(OC)c2)C(=O)Nc2ccc(C)cc2)ccc1OC(C)=O. The van der Waals surface area contributed by atoms with E-state index in [1.54, 1.807) is 12.1 Å². The van der Waals surface area contributed by atoms with Crippen LogP contribution in [0, 0.1) is 6.92 Å². The standard InChI is InChI=1S/C31H29NO13/c1-16-6-10-21(11-7-16)32-28(35)26(44-30(38)19-8-12-22(42-17(2)33)24(14-19)40-4)27(29(36)37)45-31(39)20-9-13-23(43-18(3)34)25(15-20)41-5/h6-15,26-27H,1-5H3,(H,32,35)(H,36,37)/t26-,27-/m1/s1. The number of carbonyl (C=O) groups excluding carboxylic acids is 5. The van der Waals surface area contributed by atoms with Gasteiger partial charge >= 0.3 is 29.8 Å². The van der Waals surface area contributed by atoms with Gasteiger partial charge < -0.3 is 38.8 Å². The third-order valence-electron chi connectivity index (χ3n) is 5.87. The predicted octanol–water partition coefficient (Wildman–Crippen LogP) is 3.34. The molecule has 0 saturated carbocycles. The molecule has 45 heavy (non-hydrogen) atoms. The zero-order valence-corrected chi connectivity index (χ0v) is 24.8. The average Bonchev–Trinajstić information content (AvgIpc) is 2.99. The van der Waals surface area contributed by atoms with Gasteiger partial charge in [-0.25, -0.2) is 14.4 Å². The number of anilines is 1. The van der Waals surface area contributed by atoms with Gasteiger partial charge in [0.05, 0.1) is 25.3 Å². The maximum Gasteiger partial charge on any atom is 0.349 e. The molecule has 3 rings (SSSR count). The molecule has 0 fully saturated rings. The number of carboxylic acids is 1. The maximum absolute atomic E-state index is 13.4. The highest BCUT2D eigenvalue weighted by molar-refractivity contribution is 6.01. The summed E-state index contributed by atoms with van der Waals surface area (Å²) in [5.74, 6) is -6.78. The van der Waals surface area contributed by atoms with Gasteiger partial charge in [0, 0.05) is 19.5 Å². The minimum Gasteiger partial charge on any atom is -0.493 e. The number of aliphatic carboxylic acids is 1. The van der Waals surface area contributed by atoms with E-state index in [0.717, 1.165) is 31.5 Å². The molecule has 3 aromatic rings. The first-order valence-electron chi connectivity index (χ1n) is 13.1. The Morgan fingerprint density at radius 3 is 1.49 bits per heavy atom. The van der Waals surface area contributed by atoms with Crippen molar-refractivity contribution in [2.24, 2.45) is 0 Å². The van der Waals surface area contributed by atoms with Crippen molar-refractivity contribution in [1.82, 2.24) is 0 Å². The molecule has 0 spiro atoms. The monoisotopic (exact) mass is 623 g/mol. The van der Waals surface area contributed by atoms with Gasteiger partial charge in [0.2, 0.25) is 12.2 Å². The summed E-state index contributed by atoms with van der Waals surface area (Å²) in [6.45, 7) is 4.13. The van der Waals surface area contributed by atoms with E-state index in [2.05, 4.69) is 5.32 Å². The first kappa shape index (κ1) is 33.6. The van der Waals surface area contributed by atoms with Crippen LogP contribution in [0.1, 0.15) is 40.1 Å². The van der Waals surface area contributed by atoms with Crippen molar-refractivity contribution in [2.45, 2.75) is 33.0 Å². The quantitative estimate of drug-likeness (QED) is 0.221. The first-order valence-corrected chi connectivity index (χ1v) is 13.1. The number of esters is 4. The predicted molar refractivity (Wildman–Crippen MR) is 154 cm³/mol. The van der Waals surface area contributed by atoms with Gasteiger partial charge in [-0.15, -0.1) is 0 Å². The Labute approximate surface area is 256 Å². The van der Waals surface area contributed by atoms with E-state index in [-0.39, 0.29) is 39.8 Å². The van der Waals surface area contributed by atoms with Crippen molar-refractivity contribution in [3.63, 3.8) is 0 Å². The van der Waals surface area contributed by atoms with Gasteiger partial charge in [-0.1, -0.05) is 17.7 Å². The molecule has 14 heteroatoms. The highest BCUT2D eigenvalue weighted by Crippen LogP contribution is 2.30. The minimum absolute atomic E-state index is 0.0114. The van der Waals surface area contributed by atoms with Crippen molar-refractivity contribution in [3.8, 4) is 23.0 Å². The fourth-order valence-electron chi connectivity index (χ4n) is 3.78. The van der Waals surface area contributed by atoms with Crippen LogP contribution in [0.25, 0.3) is 0 Å². The molecule has 1 amide bonds. The van der Waals surface area contributed by atoms with E-state index in [9.17, 15) is 33.9 Å². The van der Waals surface area contributed by atoms with Gasteiger partial charge in [0.1, 0.15) is 0 Å². The molecule has 0 bridgehead atoms. The molecule has 2 N–H and O–H groups in total. The van der Waals surface area contributed by atoms with E-state index < -0.39 is 48.0 Å². The lowest BCUT2D eigenvalue weighted by Gasteiger charge is -2.24. The normalized spacial score (nSPS) is 11.7. The molecule has 0 aliphatic heterocycles. The first-order chi connectivity index (χ1) is 21.3. The second kappa shape index (κ2) is 15.0. The third-order valence-corrected chi connectivity index (χ3v) is 5.87. The third kappa shape index (κ3) is 9.03. The Morgan fingerprint density at radius 1 is 0.644 bits per heavy atom. The Bertz CT molecular complexity index is 1610. The summed E-state index contributed by atoms with van der Waals surface area (Å²) in [4.78, 5) is 74.7. The largest absolute Gasteiger partial charge is 0.493 e. The van der Waals surface area contributed by atoms with Crippen LogP contribution in [0.5, 0.6) is 23.0 Å². The summed E-state index contributed by atoms with van der Waals surface area (Å²) in [7, 11) is 2.50. The molecule has 3 aromatic carbocycles. The molecule has 0 unspecified atom stereocenters. The van der Waals surface area contributed by atoms with Gasteiger partial charge in [-0.3, -0.25) is 14.4 Å². The second-order valence-electron chi connectivity index (χ2n) is 9.26. The van der Waals surface area contributed by atoms with Crippen molar-refractivity contribution < 1.29 is 62.3 Å². The fraction of sp³-hybridized carbons (Fsp3) is 0.226. The number of amides is 1. The molecule has 0 saturated heterocycles. The maximum atomic E-state index is 13.4. The number of aryl methyl sites for hydroxylation is 1. The Morgan fingerprint density at radius 2 is 1.09 bits per heavy atom. The Hall–Kier alpha value is -5.92. The average molecular weight is 624 g/mol.